The highest BCUT2D eigenvalue weighted by molar-refractivity contribution is 5.87. The van der Waals surface area contributed by atoms with Crippen LogP contribution in [0.2, 0.25) is 0 Å². The van der Waals surface area contributed by atoms with Crippen LogP contribution in [0.15, 0.2) is 24.5 Å². The van der Waals surface area contributed by atoms with E-state index in [1.54, 1.807) is 17.1 Å². The first kappa shape index (κ1) is 12.0. The van der Waals surface area contributed by atoms with Crippen molar-refractivity contribution in [1.29, 1.82) is 0 Å². The van der Waals surface area contributed by atoms with Gasteiger partial charge in [0.15, 0.2) is 0 Å². The molecule has 2 rings (SSSR count). The summed E-state index contributed by atoms with van der Waals surface area (Å²) < 4.78 is 0. The first-order valence-electron chi connectivity index (χ1n) is 5.51. The van der Waals surface area contributed by atoms with Gasteiger partial charge in [0.25, 0.3) is 0 Å². The Hall–Kier alpha value is -2.44. The van der Waals surface area contributed by atoms with E-state index in [9.17, 15) is 4.79 Å². The van der Waals surface area contributed by atoms with Gasteiger partial charge in [-0.25, -0.2) is 9.78 Å². The quantitative estimate of drug-likeness (QED) is 0.818. The lowest BCUT2D eigenvalue weighted by Gasteiger charge is -2.02. The molecule has 7 nitrogen and oxygen atoms in total. The lowest BCUT2D eigenvalue weighted by atomic mass is 10.3. The van der Waals surface area contributed by atoms with Crippen LogP contribution in [0.3, 0.4) is 0 Å². The van der Waals surface area contributed by atoms with Crippen molar-refractivity contribution in [2.75, 3.05) is 5.32 Å². The Balaban J connectivity index is 1.95. The SMILES string of the molecule is CCn1ncc(CNc2ccc(C(=O)O)cn2)n1. The largest absolute Gasteiger partial charge is 0.478 e. The zero-order valence-corrected chi connectivity index (χ0v) is 9.87. The topological polar surface area (TPSA) is 92.9 Å². The number of hydrogen-bond donors (Lipinski definition) is 2. The fraction of sp³-hybridized carbons (Fsp3) is 0.273. The number of anilines is 1. The molecule has 0 saturated carbocycles. The normalized spacial score (nSPS) is 10.3. The van der Waals surface area contributed by atoms with Crippen molar-refractivity contribution in [3.63, 3.8) is 0 Å². The Morgan fingerprint density at radius 1 is 1.44 bits per heavy atom. The zero-order valence-electron chi connectivity index (χ0n) is 9.87. The lowest BCUT2D eigenvalue weighted by molar-refractivity contribution is 0.0696. The second-order valence-corrected chi connectivity index (χ2v) is 3.62. The van der Waals surface area contributed by atoms with E-state index >= 15 is 0 Å². The number of aryl methyl sites for hydroxylation is 1. The van der Waals surface area contributed by atoms with Gasteiger partial charge in [-0.2, -0.15) is 15.0 Å². The molecule has 2 aromatic heterocycles. The minimum Gasteiger partial charge on any atom is -0.478 e. The molecular weight excluding hydrogens is 234 g/mol. The highest BCUT2D eigenvalue weighted by atomic mass is 16.4. The summed E-state index contributed by atoms with van der Waals surface area (Å²) in [6.45, 7) is 3.19. The molecule has 7 heteroatoms. The molecule has 0 bridgehead atoms. The second kappa shape index (κ2) is 5.26. The first-order chi connectivity index (χ1) is 8.69. The second-order valence-electron chi connectivity index (χ2n) is 3.62. The molecule has 0 saturated heterocycles. The third kappa shape index (κ3) is 2.82. The van der Waals surface area contributed by atoms with E-state index in [0.717, 1.165) is 12.2 Å². The van der Waals surface area contributed by atoms with Gasteiger partial charge in [0.2, 0.25) is 0 Å². The van der Waals surface area contributed by atoms with E-state index < -0.39 is 5.97 Å². The third-order valence-electron chi connectivity index (χ3n) is 2.33. The van der Waals surface area contributed by atoms with Crippen molar-refractivity contribution in [3.8, 4) is 0 Å². The van der Waals surface area contributed by atoms with Crippen LogP contribution in [0.25, 0.3) is 0 Å². The first-order valence-corrected chi connectivity index (χ1v) is 5.51. The highest BCUT2D eigenvalue weighted by Crippen LogP contribution is 2.06. The summed E-state index contributed by atoms with van der Waals surface area (Å²) in [5, 5.41) is 20.0. The van der Waals surface area contributed by atoms with Crippen LogP contribution in [0.5, 0.6) is 0 Å². The Morgan fingerprint density at radius 2 is 2.28 bits per heavy atom. The molecule has 0 atom stereocenters. The molecule has 0 unspecified atom stereocenters. The monoisotopic (exact) mass is 247 g/mol. The molecule has 18 heavy (non-hydrogen) atoms. The van der Waals surface area contributed by atoms with Crippen LogP contribution in [-0.2, 0) is 13.1 Å². The van der Waals surface area contributed by atoms with Crippen molar-refractivity contribution in [2.45, 2.75) is 20.0 Å². The molecule has 94 valence electrons. The number of nitrogens with one attached hydrogen (secondary N) is 1. The van der Waals surface area contributed by atoms with E-state index in [4.69, 9.17) is 5.11 Å². The van der Waals surface area contributed by atoms with Crippen LogP contribution >= 0.6 is 0 Å². The number of carboxylic acid groups (broad SMARTS) is 1. The zero-order chi connectivity index (χ0) is 13.0. The maximum atomic E-state index is 10.6. The minimum atomic E-state index is -0.986. The van der Waals surface area contributed by atoms with Crippen molar-refractivity contribution >= 4 is 11.8 Å². The fourth-order valence-electron chi connectivity index (χ4n) is 1.37. The van der Waals surface area contributed by atoms with Crippen molar-refractivity contribution in [2.24, 2.45) is 0 Å². The Kier molecular flexibility index (Phi) is 3.52. The fourth-order valence-corrected chi connectivity index (χ4v) is 1.37. The number of hydrogen-bond acceptors (Lipinski definition) is 5. The van der Waals surface area contributed by atoms with Gasteiger partial charge in [0.05, 0.1) is 24.8 Å². The number of carbonyl (C=O) groups is 1. The summed E-state index contributed by atoms with van der Waals surface area (Å²) in [5.41, 5.74) is 0.971. The summed E-state index contributed by atoms with van der Waals surface area (Å²) in [7, 11) is 0. The van der Waals surface area contributed by atoms with E-state index in [1.165, 1.54) is 12.3 Å². The van der Waals surface area contributed by atoms with E-state index in [0.29, 0.717) is 12.4 Å². The van der Waals surface area contributed by atoms with Gasteiger partial charge in [0.1, 0.15) is 11.5 Å². The molecule has 0 spiro atoms. The summed E-state index contributed by atoms with van der Waals surface area (Å²) in [4.78, 5) is 16.2. The molecule has 2 N–H and O–H groups in total. The summed E-state index contributed by atoms with van der Waals surface area (Å²) in [6.07, 6.45) is 3.00. The van der Waals surface area contributed by atoms with Gasteiger partial charge in [-0.3, -0.25) is 0 Å². The van der Waals surface area contributed by atoms with Gasteiger partial charge in [0, 0.05) is 6.20 Å². The average molecular weight is 247 g/mol. The highest BCUT2D eigenvalue weighted by Gasteiger charge is 2.03. The molecule has 0 aromatic carbocycles. The van der Waals surface area contributed by atoms with Gasteiger partial charge in [-0.05, 0) is 19.1 Å². The number of aromatic nitrogens is 4. The van der Waals surface area contributed by atoms with Crippen molar-refractivity contribution in [3.05, 3.63) is 35.8 Å². The van der Waals surface area contributed by atoms with Crippen LogP contribution in [0.4, 0.5) is 5.82 Å². The lowest BCUT2D eigenvalue weighted by Crippen LogP contribution is -2.05. The number of aromatic carboxylic acids is 1. The summed E-state index contributed by atoms with van der Waals surface area (Å²) in [5.74, 6) is -0.383. The van der Waals surface area contributed by atoms with E-state index in [1.807, 2.05) is 6.92 Å². The number of carboxylic acids is 1. The number of nitrogens with zero attached hydrogens (tertiary/aromatic N) is 4. The van der Waals surface area contributed by atoms with Gasteiger partial charge in [-0.1, -0.05) is 0 Å². The Bertz CT molecular complexity index is 535. The Labute approximate surface area is 103 Å². The van der Waals surface area contributed by atoms with Crippen LogP contribution in [0, 0.1) is 0 Å². The molecule has 2 aromatic rings. The van der Waals surface area contributed by atoms with Gasteiger partial charge in [-0.15, -0.1) is 0 Å². The van der Waals surface area contributed by atoms with Crippen LogP contribution < -0.4 is 5.32 Å². The molecule has 0 aliphatic rings. The molecule has 0 aliphatic heterocycles. The van der Waals surface area contributed by atoms with Gasteiger partial charge < -0.3 is 10.4 Å². The Morgan fingerprint density at radius 3 is 2.83 bits per heavy atom. The molecule has 0 aliphatic carbocycles. The predicted octanol–water partition coefficient (Wildman–Crippen LogP) is 1.00. The maximum Gasteiger partial charge on any atom is 0.337 e. The molecule has 2 heterocycles. The predicted molar refractivity (Wildman–Crippen MR) is 64.2 cm³/mol. The average Bonchev–Trinajstić information content (AvgIpc) is 2.85. The molecular formula is C11H13N5O2. The summed E-state index contributed by atoms with van der Waals surface area (Å²) in [6, 6.07) is 3.12. The third-order valence-corrected chi connectivity index (χ3v) is 2.33. The smallest absolute Gasteiger partial charge is 0.337 e. The van der Waals surface area contributed by atoms with E-state index in [-0.39, 0.29) is 5.56 Å². The van der Waals surface area contributed by atoms with Crippen LogP contribution in [-0.4, -0.2) is 31.1 Å². The number of rotatable bonds is 5. The van der Waals surface area contributed by atoms with Crippen LogP contribution in [0.1, 0.15) is 23.0 Å². The molecule has 0 fully saturated rings. The van der Waals surface area contributed by atoms with Crippen molar-refractivity contribution < 1.29 is 9.90 Å². The minimum absolute atomic E-state index is 0.164. The maximum absolute atomic E-state index is 10.6. The standard InChI is InChI=1S/C11H13N5O2/c1-2-16-14-7-9(15-16)6-13-10-4-3-8(5-12-10)11(17)18/h3-5,7H,2,6H2,1H3,(H,12,13)(H,17,18). The van der Waals surface area contributed by atoms with E-state index in [2.05, 4.69) is 20.5 Å². The number of pyridine rings is 1. The molecule has 0 amide bonds. The molecule has 0 radical (unpaired) electrons. The van der Waals surface area contributed by atoms with Crippen molar-refractivity contribution in [1.82, 2.24) is 20.0 Å². The summed E-state index contributed by atoms with van der Waals surface area (Å²) >= 11 is 0. The van der Waals surface area contributed by atoms with Gasteiger partial charge >= 0.3 is 5.97 Å².